The van der Waals surface area contributed by atoms with Gasteiger partial charge in [0.2, 0.25) is 5.91 Å². The van der Waals surface area contributed by atoms with E-state index in [2.05, 4.69) is 38.6 Å². The minimum atomic E-state index is -1.33. The van der Waals surface area contributed by atoms with E-state index < -0.39 is 17.8 Å². The third-order valence-corrected chi connectivity index (χ3v) is 10.6. The average Bonchev–Trinajstić information content (AvgIpc) is 3.90. The number of ether oxygens (including phenoxy) is 9. The number of carbonyl (C=O) groups excluding carboxylic acids is 2. The van der Waals surface area contributed by atoms with Gasteiger partial charge in [-0.2, -0.15) is 10.1 Å². The molecule has 71 heavy (non-hydrogen) atoms. The van der Waals surface area contributed by atoms with Crippen molar-refractivity contribution < 1.29 is 66.5 Å². The third kappa shape index (κ3) is 17.8. The van der Waals surface area contributed by atoms with E-state index in [9.17, 15) is 19.5 Å². The molecule has 3 amide bonds. The van der Waals surface area contributed by atoms with Crippen molar-refractivity contribution in [1.82, 2.24) is 40.1 Å². The minimum Gasteiger partial charge on any atom is -0.464 e. The molecule has 0 saturated heterocycles. The molecule has 0 unspecified atom stereocenters. The maximum Gasteiger partial charge on any atom is 0.426 e. The standard InChI is InChI=1S/C47H66N10O14/c1-47(2,3)71-45(59)54-56(46(60)61)11-13-63-15-17-65-19-21-67-23-25-69-27-26-68-24-22-66-20-18-64-16-14-62-12-9-39(58)55-10-8-34-28-33(4-5-36(34)31-55)30-57-43-40(42(48)50-32-51-43)41(53-57)35-6-7-38-37(29-35)52-44(49)70-38/h4-7,28-29,32H,8-27,30-31H2,1-3H3,(H2,49,52)(H,54,59)(H,60,61)(H2,48,50,51). The predicted molar refractivity (Wildman–Crippen MR) is 257 cm³/mol. The molecule has 3 aromatic heterocycles. The van der Waals surface area contributed by atoms with Crippen LogP contribution in [0.4, 0.5) is 21.4 Å². The van der Waals surface area contributed by atoms with Crippen molar-refractivity contribution >= 4 is 52.1 Å². The Morgan fingerprint density at radius 3 is 1.94 bits per heavy atom. The number of hydrogen-bond donors (Lipinski definition) is 4. The van der Waals surface area contributed by atoms with Crippen LogP contribution in [0, 0.1) is 0 Å². The van der Waals surface area contributed by atoms with Gasteiger partial charge >= 0.3 is 12.2 Å². The zero-order valence-electron chi connectivity index (χ0n) is 40.6. The Hall–Kier alpha value is -6.25. The summed E-state index contributed by atoms with van der Waals surface area (Å²) in [7, 11) is 0. The van der Waals surface area contributed by atoms with Gasteiger partial charge in [-0.1, -0.05) is 18.2 Å². The number of nitrogens with two attached hydrogens (primary N) is 2. The van der Waals surface area contributed by atoms with Gasteiger partial charge in [-0.3, -0.25) is 4.79 Å². The molecule has 6 rings (SSSR count). The number of carboxylic acid groups (broad SMARTS) is 1. The largest absolute Gasteiger partial charge is 0.464 e. The Bertz CT molecular complexity index is 2460. The molecule has 0 aliphatic carbocycles. The van der Waals surface area contributed by atoms with Crippen molar-refractivity contribution in [2.75, 3.05) is 130 Å². The number of aromatic nitrogens is 5. The van der Waals surface area contributed by atoms with Gasteiger partial charge in [0.25, 0.3) is 6.01 Å². The van der Waals surface area contributed by atoms with E-state index >= 15 is 0 Å². The van der Waals surface area contributed by atoms with E-state index in [1.807, 2.05) is 21.7 Å². The third-order valence-electron chi connectivity index (χ3n) is 10.6. The van der Waals surface area contributed by atoms with Crippen LogP contribution in [0.5, 0.6) is 0 Å². The number of fused-ring (bicyclic) bond motifs is 3. The van der Waals surface area contributed by atoms with Crippen LogP contribution < -0.4 is 16.9 Å². The Kier molecular flexibility index (Phi) is 21.3. The van der Waals surface area contributed by atoms with Crippen LogP contribution in [-0.2, 0) is 66.9 Å². The Morgan fingerprint density at radius 1 is 0.761 bits per heavy atom. The molecule has 0 spiro atoms. The molecular weight excluding hydrogens is 929 g/mol. The maximum absolute atomic E-state index is 13.1. The van der Waals surface area contributed by atoms with E-state index in [1.165, 1.54) is 11.9 Å². The lowest BCUT2D eigenvalue weighted by molar-refractivity contribution is -0.133. The number of hydrogen-bond acceptors (Lipinski definition) is 19. The lowest BCUT2D eigenvalue weighted by atomic mass is 9.97. The number of nitrogens with one attached hydrogen (secondary N) is 1. The SMILES string of the molecule is CC(C)(C)OC(=O)NN(CCOCCOCCOCCOCCOCCOCCOCCOCCC(=O)N1CCc2cc(Cn3nc(-c4ccc5oc(N)nc5c4)c4c(N)ncnc43)ccc2C1)C(=O)O. The summed E-state index contributed by atoms with van der Waals surface area (Å²) in [5.74, 6) is 0.382. The first-order valence-electron chi connectivity index (χ1n) is 23.5. The maximum atomic E-state index is 13.1. The lowest BCUT2D eigenvalue weighted by Gasteiger charge is -2.29. The van der Waals surface area contributed by atoms with Gasteiger partial charge in [0.05, 0.1) is 131 Å². The summed E-state index contributed by atoms with van der Waals surface area (Å²) in [6.45, 7) is 12.4. The zero-order chi connectivity index (χ0) is 50.4. The number of hydrazine groups is 1. The van der Waals surface area contributed by atoms with Gasteiger partial charge < -0.3 is 68.5 Å². The van der Waals surface area contributed by atoms with Crippen LogP contribution in [0.1, 0.15) is 43.9 Å². The highest BCUT2D eigenvalue weighted by atomic mass is 16.6. The van der Waals surface area contributed by atoms with E-state index in [1.54, 1.807) is 26.8 Å². The normalized spacial score (nSPS) is 12.7. The summed E-state index contributed by atoms with van der Waals surface area (Å²) in [6.07, 6.45) is 0.275. The van der Waals surface area contributed by atoms with Gasteiger partial charge in [-0.25, -0.2) is 34.7 Å². The molecule has 24 nitrogen and oxygen atoms in total. The Balaban J connectivity index is 0.715. The molecule has 0 bridgehead atoms. The molecule has 5 aromatic rings. The summed E-state index contributed by atoms with van der Waals surface area (Å²) in [5.41, 5.74) is 20.1. The molecule has 0 atom stereocenters. The molecule has 4 heterocycles. The number of anilines is 2. The molecule has 24 heteroatoms. The van der Waals surface area contributed by atoms with Crippen molar-refractivity contribution in [2.24, 2.45) is 0 Å². The van der Waals surface area contributed by atoms with Crippen molar-refractivity contribution in [2.45, 2.75) is 52.3 Å². The van der Waals surface area contributed by atoms with Gasteiger partial charge in [-0.15, -0.1) is 0 Å². The van der Waals surface area contributed by atoms with Crippen LogP contribution in [0.2, 0.25) is 0 Å². The summed E-state index contributed by atoms with van der Waals surface area (Å²) in [6, 6.07) is 11.9. The molecule has 0 radical (unpaired) electrons. The monoisotopic (exact) mass is 994 g/mol. The number of nitrogens with zero attached hydrogens (tertiary/aromatic N) is 7. The number of rotatable bonds is 30. The molecule has 1 aliphatic rings. The number of benzene rings is 2. The second-order valence-corrected chi connectivity index (χ2v) is 17.1. The fourth-order valence-corrected chi connectivity index (χ4v) is 7.25. The van der Waals surface area contributed by atoms with Crippen LogP contribution >= 0.6 is 0 Å². The smallest absolute Gasteiger partial charge is 0.426 e. The van der Waals surface area contributed by atoms with E-state index in [0.29, 0.717) is 157 Å². The predicted octanol–water partition coefficient (Wildman–Crippen LogP) is 3.67. The lowest BCUT2D eigenvalue weighted by Crippen LogP contribution is -2.48. The summed E-state index contributed by atoms with van der Waals surface area (Å²) >= 11 is 0. The summed E-state index contributed by atoms with van der Waals surface area (Å²) in [5, 5.41) is 15.5. The number of oxazole rings is 1. The Labute approximate surface area is 411 Å². The Morgan fingerprint density at radius 2 is 1.35 bits per heavy atom. The van der Waals surface area contributed by atoms with E-state index in [4.69, 9.17) is 63.6 Å². The van der Waals surface area contributed by atoms with Crippen LogP contribution in [0.25, 0.3) is 33.4 Å². The van der Waals surface area contributed by atoms with Crippen LogP contribution in [0.15, 0.2) is 47.1 Å². The average molecular weight is 995 g/mol. The first kappa shape index (κ1) is 54.1. The quantitative estimate of drug-likeness (QED) is 0.0377. The summed E-state index contributed by atoms with van der Waals surface area (Å²) < 4.78 is 56.4. The molecule has 6 N–H and O–H groups in total. The van der Waals surface area contributed by atoms with Crippen molar-refractivity contribution in [3.05, 3.63) is 59.4 Å². The number of amides is 3. The zero-order valence-corrected chi connectivity index (χ0v) is 40.6. The van der Waals surface area contributed by atoms with Gasteiger partial charge in [0.15, 0.2) is 11.2 Å². The highest BCUT2D eigenvalue weighted by molar-refractivity contribution is 5.99. The molecule has 388 valence electrons. The first-order chi connectivity index (χ1) is 34.3. The first-order valence-corrected chi connectivity index (χ1v) is 23.5. The van der Waals surface area contributed by atoms with Crippen LogP contribution in [0.3, 0.4) is 0 Å². The molecule has 2 aromatic carbocycles. The fourth-order valence-electron chi connectivity index (χ4n) is 7.25. The second-order valence-electron chi connectivity index (χ2n) is 17.1. The number of carbonyl (C=O) groups is 3. The van der Waals surface area contributed by atoms with Crippen molar-refractivity contribution in [3.63, 3.8) is 0 Å². The molecular formula is C47H66N10O14. The number of nitrogen functional groups attached to an aromatic ring is 2. The van der Waals surface area contributed by atoms with Crippen molar-refractivity contribution in [1.29, 1.82) is 0 Å². The van der Waals surface area contributed by atoms with E-state index in [0.717, 1.165) is 23.1 Å². The van der Waals surface area contributed by atoms with Crippen LogP contribution in [-0.4, -0.2) is 182 Å². The van der Waals surface area contributed by atoms with E-state index in [-0.39, 0.29) is 31.7 Å². The van der Waals surface area contributed by atoms with Gasteiger partial charge in [0.1, 0.15) is 29.0 Å². The molecule has 0 saturated carbocycles. The highest BCUT2D eigenvalue weighted by Crippen LogP contribution is 2.33. The fraction of sp³-hybridized carbons (Fsp3) is 0.553. The topological polar surface area (TPSA) is 295 Å². The van der Waals surface area contributed by atoms with Gasteiger partial charge in [-0.05, 0) is 62.1 Å². The minimum absolute atomic E-state index is 0.0519. The van der Waals surface area contributed by atoms with Crippen molar-refractivity contribution in [3.8, 4) is 11.3 Å². The summed E-state index contributed by atoms with van der Waals surface area (Å²) in [4.78, 5) is 51.0. The molecule has 1 aliphatic heterocycles. The van der Waals surface area contributed by atoms with Gasteiger partial charge in [0, 0.05) is 18.7 Å². The molecule has 0 fully saturated rings. The second kappa shape index (κ2) is 28.0. The highest BCUT2D eigenvalue weighted by Gasteiger charge is 2.23.